The minimum atomic E-state index is -0.873. The highest BCUT2D eigenvalue weighted by Crippen LogP contribution is 2.25. The Hall–Kier alpha value is -4.46. The average Bonchev–Trinajstić information content (AvgIpc) is 2.85. The Kier molecular flexibility index (Phi) is 6.68. The van der Waals surface area contributed by atoms with E-state index in [0.717, 1.165) is 18.8 Å². The molecule has 172 valence electrons. The Labute approximate surface area is 193 Å². The first-order valence-corrected chi connectivity index (χ1v) is 10.4. The van der Waals surface area contributed by atoms with E-state index in [1.54, 1.807) is 0 Å². The molecule has 1 heterocycles. The Morgan fingerprint density at radius 1 is 0.941 bits per heavy atom. The summed E-state index contributed by atoms with van der Waals surface area (Å²) in [7, 11) is 0. The van der Waals surface area contributed by atoms with Gasteiger partial charge in [0, 0.05) is 6.07 Å². The maximum atomic E-state index is 13.8. The Morgan fingerprint density at radius 3 is 2.41 bits per heavy atom. The molecule has 4 aromatic rings. The second-order valence-corrected chi connectivity index (χ2v) is 7.22. The molecule has 0 radical (unpaired) electrons. The summed E-state index contributed by atoms with van der Waals surface area (Å²) in [5.41, 5.74) is -0.133. The molecule has 1 aromatic heterocycles. The Balaban J connectivity index is 1.51. The van der Waals surface area contributed by atoms with E-state index in [4.69, 9.17) is 18.6 Å². The van der Waals surface area contributed by atoms with Gasteiger partial charge in [0.25, 0.3) is 0 Å². The number of carbonyl (C=O) groups is 2. The molecule has 0 unspecified atom stereocenters. The van der Waals surface area contributed by atoms with E-state index in [1.807, 2.05) is 6.92 Å². The normalized spacial score (nSPS) is 10.6. The van der Waals surface area contributed by atoms with Crippen LogP contribution in [0.4, 0.5) is 4.39 Å². The average molecular weight is 462 g/mol. The van der Waals surface area contributed by atoms with Crippen LogP contribution in [0.3, 0.4) is 0 Å². The number of hydrogen-bond acceptors (Lipinski definition) is 7. The minimum absolute atomic E-state index is 0.0649. The summed E-state index contributed by atoms with van der Waals surface area (Å²) >= 11 is 0. The fourth-order valence-electron chi connectivity index (χ4n) is 3.08. The third kappa shape index (κ3) is 4.96. The zero-order valence-electron chi connectivity index (χ0n) is 18.1. The molecule has 0 fully saturated rings. The van der Waals surface area contributed by atoms with Crippen LogP contribution < -0.4 is 14.9 Å². The third-order valence-electron chi connectivity index (χ3n) is 4.77. The number of hydrogen-bond donors (Lipinski definition) is 0. The molecule has 0 spiro atoms. The van der Waals surface area contributed by atoms with Crippen molar-refractivity contribution in [2.75, 3.05) is 6.61 Å². The van der Waals surface area contributed by atoms with Gasteiger partial charge in [-0.1, -0.05) is 19.1 Å². The van der Waals surface area contributed by atoms with Crippen molar-refractivity contribution in [2.24, 2.45) is 0 Å². The molecule has 3 aromatic carbocycles. The number of benzene rings is 3. The van der Waals surface area contributed by atoms with Crippen molar-refractivity contribution in [2.45, 2.75) is 13.3 Å². The van der Waals surface area contributed by atoms with Gasteiger partial charge in [-0.3, -0.25) is 4.79 Å². The van der Waals surface area contributed by atoms with E-state index in [1.165, 1.54) is 60.7 Å². The number of esters is 2. The summed E-state index contributed by atoms with van der Waals surface area (Å²) in [6, 6.07) is 15.8. The molecule has 34 heavy (non-hydrogen) atoms. The van der Waals surface area contributed by atoms with Gasteiger partial charge in [0.05, 0.1) is 23.1 Å². The van der Waals surface area contributed by atoms with Crippen LogP contribution in [-0.4, -0.2) is 18.5 Å². The minimum Gasteiger partial charge on any atom is -0.462 e. The lowest BCUT2D eigenvalue weighted by Gasteiger charge is -2.08. The zero-order valence-corrected chi connectivity index (χ0v) is 18.1. The summed E-state index contributed by atoms with van der Waals surface area (Å²) in [5, 5.41) is 0.197. The van der Waals surface area contributed by atoms with Gasteiger partial charge in [-0.2, -0.15) is 0 Å². The van der Waals surface area contributed by atoms with Gasteiger partial charge in [0.2, 0.25) is 11.2 Å². The molecule has 0 aliphatic rings. The fraction of sp³-hybridized carbons (Fsp3) is 0.115. The molecular formula is C26H19FO7. The highest BCUT2D eigenvalue weighted by molar-refractivity contribution is 5.92. The topological polar surface area (TPSA) is 92.0 Å². The molecular weight excluding hydrogens is 443 g/mol. The SMILES string of the molecule is CCCOC(=O)c1ccc(Oc2coc3cc(OC(=O)c4ccccc4F)ccc3c2=O)cc1. The van der Waals surface area contributed by atoms with Crippen molar-refractivity contribution in [3.05, 3.63) is 100 Å². The highest BCUT2D eigenvalue weighted by Gasteiger charge is 2.16. The van der Waals surface area contributed by atoms with Crippen LogP contribution >= 0.6 is 0 Å². The van der Waals surface area contributed by atoms with Crippen LogP contribution in [0.25, 0.3) is 11.0 Å². The van der Waals surface area contributed by atoms with Gasteiger partial charge in [-0.15, -0.1) is 0 Å². The Bertz CT molecular complexity index is 1410. The van der Waals surface area contributed by atoms with Gasteiger partial charge >= 0.3 is 11.9 Å². The van der Waals surface area contributed by atoms with Crippen molar-refractivity contribution in [3.63, 3.8) is 0 Å². The molecule has 0 atom stereocenters. The maximum Gasteiger partial charge on any atom is 0.346 e. The Morgan fingerprint density at radius 2 is 1.68 bits per heavy atom. The van der Waals surface area contributed by atoms with E-state index in [2.05, 4.69) is 0 Å². The van der Waals surface area contributed by atoms with Crippen molar-refractivity contribution < 1.29 is 32.6 Å². The van der Waals surface area contributed by atoms with Crippen molar-refractivity contribution >= 4 is 22.9 Å². The van der Waals surface area contributed by atoms with Crippen LogP contribution in [0.15, 0.2) is 82.2 Å². The summed E-state index contributed by atoms with van der Waals surface area (Å²) in [4.78, 5) is 36.9. The van der Waals surface area contributed by atoms with Gasteiger partial charge in [0.15, 0.2) is 0 Å². The lowest BCUT2D eigenvalue weighted by atomic mass is 10.2. The van der Waals surface area contributed by atoms with E-state index >= 15 is 0 Å². The van der Waals surface area contributed by atoms with Crippen LogP contribution in [-0.2, 0) is 4.74 Å². The number of ether oxygens (including phenoxy) is 3. The number of fused-ring (bicyclic) bond motifs is 1. The van der Waals surface area contributed by atoms with Crippen molar-refractivity contribution in [1.29, 1.82) is 0 Å². The fourth-order valence-corrected chi connectivity index (χ4v) is 3.08. The maximum absolute atomic E-state index is 13.8. The smallest absolute Gasteiger partial charge is 0.346 e. The third-order valence-corrected chi connectivity index (χ3v) is 4.77. The van der Waals surface area contributed by atoms with E-state index in [0.29, 0.717) is 17.9 Å². The molecule has 0 aliphatic carbocycles. The van der Waals surface area contributed by atoms with Gasteiger partial charge in [0.1, 0.15) is 29.2 Å². The lowest BCUT2D eigenvalue weighted by Crippen LogP contribution is -2.11. The second-order valence-electron chi connectivity index (χ2n) is 7.22. The van der Waals surface area contributed by atoms with Crippen LogP contribution in [0, 0.1) is 5.82 Å². The van der Waals surface area contributed by atoms with Crippen molar-refractivity contribution in [3.8, 4) is 17.2 Å². The zero-order chi connectivity index (χ0) is 24.1. The van der Waals surface area contributed by atoms with Crippen molar-refractivity contribution in [1.82, 2.24) is 0 Å². The summed E-state index contributed by atoms with van der Waals surface area (Å²) < 4.78 is 35.2. The molecule has 7 nitrogen and oxygen atoms in total. The number of carbonyl (C=O) groups excluding carboxylic acids is 2. The van der Waals surface area contributed by atoms with Crippen LogP contribution in [0.2, 0.25) is 0 Å². The van der Waals surface area contributed by atoms with Gasteiger partial charge < -0.3 is 18.6 Å². The van der Waals surface area contributed by atoms with Gasteiger partial charge in [-0.05, 0) is 55.0 Å². The molecule has 0 amide bonds. The monoisotopic (exact) mass is 462 g/mol. The lowest BCUT2D eigenvalue weighted by molar-refractivity contribution is 0.0504. The molecule has 0 aliphatic heterocycles. The standard InChI is InChI=1S/C26H19FO7/c1-2-13-31-25(29)16-7-9-17(10-8-16)33-23-15-32-22-14-18(11-12-20(22)24(23)28)34-26(30)19-5-3-4-6-21(19)27/h3-12,14-15H,2,13H2,1H3. The van der Waals surface area contributed by atoms with Gasteiger partial charge in [-0.25, -0.2) is 14.0 Å². The summed E-state index contributed by atoms with van der Waals surface area (Å²) in [5.74, 6) is -1.67. The number of halogens is 1. The quantitative estimate of drug-likeness (QED) is 0.264. The molecule has 4 rings (SSSR count). The predicted octanol–water partition coefficient (Wildman–Crippen LogP) is 5.51. The number of rotatable bonds is 7. The molecule has 0 N–H and O–H groups in total. The largest absolute Gasteiger partial charge is 0.462 e. The first-order chi connectivity index (χ1) is 16.5. The predicted molar refractivity (Wildman–Crippen MR) is 121 cm³/mol. The van der Waals surface area contributed by atoms with Crippen LogP contribution in [0.1, 0.15) is 34.1 Å². The summed E-state index contributed by atoms with van der Waals surface area (Å²) in [6.07, 6.45) is 1.86. The first-order valence-electron chi connectivity index (χ1n) is 10.4. The first kappa shape index (κ1) is 22.7. The highest BCUT2D eigenvalue weighted by atomic mass is 19.1. The molecule has 0 saturated heterocycles. The van der Waals surface area contributed by atoms with E-state index < -0.39 is 23.2 Å². The van der Waals surface area contributed by atoms with E-state index in [-0.39, 0.29) is 28.0 Å². The molecule has 0 saturated carbocycles. The molecule has 0 bridgehead atoms. The second kappa shape index (κ2) is 9.99. The van der Waals surface area contributed by atoms with Crippen LogP contribution in [0.5, 0.6) is 17.2 Å². The summed E-state index contributed by atoms with van der Waals surface area (Å²) in [6.45, 7) is 2.23. The molecule has 8 heteroatoms. The van der Waals surface area contributed by atoms with E-state index in [9.17, 15) is 18.8 Å².